The zero-order chi connectivity index (χ0) is 33.7. The second kappa shape index (κ2) is 14.3. The average Bonchev–Trinajstić information content (AvgIpc) is 3.38. The standard InChI is InChI=1S/C34H31N3O9S/c1-5-8-26-29(33(40)45-6-2)30(25-19-24(43-3)15-16-27(25)44-4)36-31(38)28(47-34(36)35-26)17-20-11-13-23(14-12-20)46-32(39)21-9-7-10-22(18-21)37(41)42/h7,9-19,30H,5-6,8H2,1-4H3/b28-17-/t30-/m1/s1. The van der Waals surface area contributed by atoms with Crippen molar-refractivity contribution in [2.45, 2.75) is 32.7 Å². The number of aromatic nitrogens is 1. The molecule has 1 atom stereocenters. The van der Waals surface area contributed by atoms with Crippen molar-refractivity contribution in [3.8, 4) is 17.2 Å². The Labute approximate surface area is 273 Å². The highest BCUT2D eigenvalue weighted by Gasteiger charge is 2.36. The normalized spacial score (nSPS) is 14.2. The Bertz CT molecular complexity index is 2060. The average molecular weight is 658 g/mol. The molecule has 12 nitrogen and oxygen atoms in total. The Kier molecular flexibility index (Phi) is 9.95. The van der Waals surface area contributed by atoms with E-state index in [1.54, 1.807) is 55.5 Å². The van der Waals surface area contributed by atoms with Crippen LogP contribution in [0.5, 0.6) is 17.2 Å². The molecule has 0 unspecified atom stereocenters. The summed E-state index contributed by atoms with van der Waals surface area (Å²) in [4.78, 5) is 55.8. The first kappa shape index (κ1) is 32.8. The molecule has 47 heavy (non-hydrogen) atoms. The predicted octanol–water partition coefficient (Wildman–Crippen LogP) is 4.72. The number of thiazole rings is 1. The predicted molar refractivity (Wildman–Crippen MR) is 174 cm³/mol. The molecule has 0 spiro atoms. The van der Waals surface area contributed by atoms with E-state index in [2.05, 4.69) is 0 Å². The van der Waals surface area contributed by atoms with Crippen molar-refractivity contribution in [2.75, 3.05) is 20.8 Å². The van der Waals surface area contributed by atoms with Crippen LogP contribution in [0.4, 0.5) is 5.69 Å². The Hall–Kier alpha value is -5.56. The summed E-state index contributed by atoms with van der Waals surface area (Å²) in [6.45, 7) is 3.84. The van der Waals surface area contributed by atoms with Gasteiger partial charge in [-0.15, -0.1) is 0 Å². The van der Waals surface area contributed by atoms with Gasteiger partial charge < -0.3 is 18.9 Å². The molecule has 0 amide bonds. The topological polar surface area (TPSA) is 149 Å². The number of methoxy groups -OCH3 is 2. The second-order valence-electron chi connectivity index (χ2n) is 10.3. The minimum atomic E-state index is -0.894. The summed E-state index contributed by atoms with van der Waals surface area (Å²) in [5.74, 6) is -0.123. The summed E-state index contributed by atoms with van der Waals surface area (Å²) in [5, 5.41) is 11.1. The number of allylic oxidation sites excluding steroid dienone is 1. The van der Waals surface area contributed by atoms with Crippen LogP contribution in [0.2, 0.25) is 0 Å². The summed E-state index contributed by atoms with van der Waals surface area (Å²) in [7, 11) is 3.04. The molecule has 0 bridgehead atoms. The van der Waals surface area contributed by atoms with Crippen molar-refractivity contribution in [2.24, 2.45) is 4.99 Å². The van der Waals surface area contributed by atoms with Crippen molar-refractivity contribution in [3.63, 3.8) is 0 Å². The maximum atomic E-state index is 14.1. The molecule has 0 aliphatic carbocycles. The number of benzene rings is 3. The van der Waals surface area contributed by atoms with Crippen LogP contribution < -0.4 is 29.1 Å². The first-order valence-corrected chi connectivity index (χ1v) is 15.5. The molecule has 0 saturated heterocycles. The van der Waals surface area contributed by atoms with E-state index in [-0.39, 0.29) is 34.7 Å². The smallest absolute Gasteiger partial charge is 0.343 e. The summed E-state index contributed by atoms with van der Waals surface area (Å²) in [5.41, 5.74) is 1.41. The number of carbonyl (C=O) groups is 2. The van der Waals surface area contributed by atoms with Gasteiger partial charge in [-0.3, -0.25) is 19.5 Å². The van der Waals surface area contributed by atoms with Crippen LogP contribution in [0.25, 0.3) is 6.08 Å². The molecule has 13 heteroatoms. The summed E-state index contributed by atoms with van der Waals surface area (Å²) in [6.07, 6.45) is 2.87. The third-order valence-electron chi connectivity index (χ3n) is 7.30. The molecule has 0 N–H and O–H groups in total. The third kappa shape index (κ3) is 6.84. The monoisotopic (exact) mass is 657 g/mol. The third-order valence-corrected chi connectivity index (χ3v) is 8.29. The number of carbonyl (C=O) groups excluding carboxylic acids is 2. The van der Waals surface area contributed by atoms with Gasteiger partial charge in [-0.25, -0.2) is 14.6 Å². The number of esters is 2. The zero-order valence-electron chi connectivity index (χ0n) is 26.1. The molecule has 5 rings (SSSR count). The van der Waals surface area contributed by atoms with Gasteiger partial charge >= 0.3 is 11.9 Å². The van der Waals surface area contributed by atoms with Gasteiger partial charge in [-0.05, 0) is 61.4 Å². The van der Waals surface area contributed by atoms with Crippen molar-refractivity contribution < 1.29 is 33.5 Å². The highest BCUT2D eigenvalue weighted by Crippen LogP contribution is 2.38. The van der Waals surface area contributed by atoms with Gasteiger partial charge in [0.2, 0.25) is 0 Å². The molecule has 1 aliphatic heterocycles. The fourth-order valence-electron chi connectivity index (χ4n) is 5.16. The fraction of sp³-hybridized carbons (Fsp3) is 0.235. The lowest BCUT2D eigenvalue weighted by atomic mass is 9.93. The summed E-state index contributed by atoms with van der Waals surface area (Å²) >= 11 is 1.18. The number of nitro benzene ring substituents is 1. The Balaban J connectivity index is 1.57. The van der Waals surface area contributed by atoms with Crippen LogP contribution >= 0.6 is 11.3 Å². The largest absolute Gasteiger partial charge is 0.497 e. The van der Waals surface area contributed by atoms with Gasteiger partial charge in [0.25, 0.3) is 11.2 Å². The van der Waals surface area contributed by atoms with Crippen LogP contribution in [0.15, 0.2) is 87.8 Å². The van der Waals surface area contributed by atoms with Gasteiger partial charge in [0, 0.05) is 17.7 Å². The van der Waals surface area contributed by atoms with Gasteiger partial charge in [-0.1, -0.05) is 42.9 Å². The molecule has 3 aromatic carbocycles. The summed E-state index contributed by atoms with van der Waals surface area (Å²) < 4.78 is 23.9. The molecule has 2 heterocycles. The zero-order valence-corrected chi connectivity index (χ0v) is 26.9. The Morgan fingerprint density at radius 3 is 2.40 bits per heavy atom. The van der Waals surface area contributed by atoms with Crippen molar-refractivity contribution in [1.82, 2.24) is 4.57 Å². The van der Waals surface area contributed by atoms with Crippen LogP contribution in [0.1, 0.15) is 54.2 Å². The first-order valence-electron chi connectivity index (χ1n) is 14.7. The van der Waals surface area contributed by atoms with Gasteiger partial charge in [-0.2, -0.15) is 0 Å². The molecule has 1 aromatic heterocycles. The molecule has 0 radical (unpaired) electrons. The van der Waals surface area contributed by atoms with E-state index in [0.29, 0.717) is 50.5 Å². The second-order valence-corrected chi connectivity index (χ2v) is 11.3. The molecule has 4 aromatic rings. The Morgan fingerprint density at radius 2 is 1.74 bits per heavy atom. The number of non-ortho nitro benzene ring substituents is 1. The van der Waals surface area contributed by atoms with Crippen molar-refractivity contribution in [1.29, 1.82) is 0 Å². The number of nitro groups is 1. The van der Waals surface area contributed by atoms with E-state index in [1.165, 1.54) is 48.3 Å². The van der Waals surface area contributed by atoms with Gasteiger partial charge in [0.1, 0.15) is 23.3 Å². The van der Waals surface area contributed by atoms with Crippen molar-refractivity contribution >= 4 is 35.0 Å². The van der Waals surface area contributed by atoms with Crippen molar-refractivity contribution in [3.05, 3.63) is 124 Å². The van der Waals surface area contributed by atoms with Crippen LogP contribution in [0, 0.1) is 10.1 Å². The van der Waals surface area contributed by atoms with E-state index in [9.17, 15) is 24.5 Å². The molecular weight excluding hydrogens is 626 g/mol. The number of rotatable bonds is 11. The number of fused-ring (bicyclic) bond motifs is 1. The maximum Gasteiger partial charge on any atom is 0.343 e. The SMILES string of the molecule is CCCC1=C(C(=O)OCC)[C@@H](c2cc(OC)ccc2OC)n2c(s/c(=C\c3ccc(OC(=O)c4cccc([N+](=O)[O-])c4)cc3)c2=O)=N1. The maximum absolute atomic E-state index is 14.1. The van der Waals surface area contributed by atoms with Crippen LogP contribution in [-0.4, -0.2) is 42.3 Å². The fourth-order valence-corrected chi connectivity index (χ4v) is 6.18. The van der Waals surface area contributed by atoms with Crippen LogP contribution in [-0.2, 0) is 9.53 Å². The highest BCUT2D eigenvalue weighted by molar-refractivity contribution is 7.07. The van der Waals surface area contributed by atoms with Crippen LogP contribution in [0.3, 0.4) is 0 Å². The van der Waals surface area contributed by atoms with Gasteiger partial charge in [0.15, 0.2) is 4.80 Å². The molecule has 1 aliphatic rings. The quantitative estimate of drug-likeness (QED) is 0.0967. The minimum absolute atomic E-state index is 0.0382. The molecular formula is C34H31N3O9S. The number of ether oxygens (including phenoxy) is 4. The number of hydrogen-bond donors (Lipinski definition) is 0. The minimum Gasteiger partial charge on any atom is -0.497 e. The first-order chi connectivity index (χ1) is 22.7. The number of nitrogens with zero attached hydrogens (tertiary/aromatic N) is 3. The Morgan fingerprint density at radius 1 is 1.00 bits per heavy atom. The lowest BCUT2D eigenvalue weighted by molar-refractivity contribution is -0.384. The van der Waals surface area contributed by atoms with E-state index >= 15 is 0 Å². The lowest BCUT2D eigenvalue weighted by Crippen LogP contribution is -2.40. The van der Waals surface area contributed by atoms with E-state index in [1.807, 2.05) is 6.92 Å². The van der Waals surface area contributed by atoms with E-state index in [4.69, 9.17) is 23.9 Å². The summed E-state index contributed by atoms with van der Waals surface area (Å²) in [6, 6.07) is 16.0. The molecule has 0 saturated carbocycles. The van der Waals surface area contributed by atoms with E-state index in [0.717, 1.165) is 6.07 Å². The number of hydrogen-bond acceptors (Lipinski definition) is 11. The van der Waals surface area contributed by atoms with Gasteiger partial charge in [0.05, 0.1) is 47.1 Å². The highest BCUT2D eigenvalue weighted by atomic mass is 32.1. The molecule has 0 fully saturated rings. The lowest BCUT2D eigenvalue weighted by Gasteiger charge is -2.27. The van der Waals surface area contributed by atoms with E-state index < -0.39 is 22.9 Å². The molecule has 242 valence electrons.